The second-order valence-electron chi connectivity index (χ2n) is 6.29. The normalized spacial score (nSPS) is 13.1. The van der Waals surface area contributed by atoms with Crippen LogP contribution in [0, 0.1) is 10.1 Å². The summed E-state index contributed by atoms with van der Waals surface area (Å²) in [5, 5.41) is 15.2. The first-order chi connectivity index (χ1) is 13.5. The lowest BCUT2D eigenvalue weighted by Gasteiger charge is -2.29. The van der Waals surface area contributed by atoms with Crippen molar-refractivity contribution in [3.63, 3.8) is 0 Å². The summed E-state index contributed by atoms with van der Waals surface area (Å²) in [6.45, 7) is 1.10. The lowest BCUT2D eigenvalue weighted by Crippen LogP contribution is -2.35. The summed E-state index contributed by atoms with van der Waals surface area (Å²) in [4.78, 5) is 37.3. The number of nitro groups is 1. The molecule has 2 amide bonds. The fourth-order valence-electron chi connectivity index (χ4n) is 3.10. The Labute approximate surface area is 163 Å². The number of hydrogen-bond acceptors (Lipinski definition) is 6. The third-order valence-electron chi connectivity index (χ3n) is 4.49. The first-order valence-corrected chi connectivity index (χ1v) is 9.39. The van der Waals surface area contributed by atoms with Crippen LogP contribution in [-0.2, 0) is 13.0 Å². The van der Waals surface area contributed by atoms with Gasteiger partial charge in [-0.15, -0.1) is 11.3 Å². The molecule has 8 nitrogen and oxygen atoms in total. The number of carbonyl (C=O) groups excluding carboxylic acids is 2. The minimum atomic E-state index is -0.700. The van der Waals surface area contributed by atoms with E-state index in [0.29, 0.717) is 23.7 Å². The summed E-state index contributed by atoms with van der Waals surface area (Å²) in [5.74, 6) is -1.20. The monoisotopic (exact) mass is 397 g/mol. The lowest BCUT2D eigenvalue weighted by atomic mass is 9.99. The molecular weight excluding hydrogens is 382 g/mol. The minimum absolute atomic E-state index is 0.00187. The van der Waals surface area contributed by atoms with E-state index in [0.717, 1.165) is 23.6 Å². The van der Waals surface area contributed by atoms with Crippen LogP contribution in [0.15, 0.2) is 52.3 Å². The van der Waals surface area contributed by atoms with Crippen LogP contribution in [0.5, 0.6) is 0 Å². The molecule has 0 aliphatic carbocycles. The van der Waals surface area contributed by atoms with E-state index in [2.05, 4.69) is 5.32 Å². The fourth-order valence-corrected chi connectivity index (χ4v) is 3.80. The smallest absolute Gasteiger partial charge is 0.395 e. The molecule has 0 saturated carbocycles. The summed E-state index contributed by atoms with van der Waals surface area (Å²) in [6.07, 6.45) is 0.741. The van der Waals surface area contributed by atoms with Crippen molar-refractivity contribution in [2.45, 2.75) is 13.0 Å². The van der Waals surface area contributed by atoms with Gasteiger partial charge in [-0.1, -0.05) is 12.1 Å². The number of nitrogens with zero attached hydrogens (tertiary/aromatic N) is 2. The van der Waals surface area contributed by atoms with Crippen molar-refractivity contribution in [2.75, 3.05) is 11.9 Å². The molecule has 142 valence electrons. The van der Waals surface area contributed by atoms with Gasteiger partial charge in [0.1, 0.15) is 4.92 Å². The average molecular weight is 397 g/mol. The predicted molar refractivity (Wildman–Crippen MR) is 103 cm³/mol. The Bertz CT molecular complexity index is 1060. The molecule has 1 N–H and O–H groups in total. The van der Waals surface area contributed by atoms with E-state index in [1.165, 1.54) is 17.4 Å². The van der Waals surface area contributed by atoms with Crippen LogP contribution in [0.4, 0.5) is 11.6 Å². The van der Waals surface area contributed by atoms with Crippen molar-refractivity contribution < 1.29 is 18.9 Å². The van der Waals surface area contributed by atoms with E-state index in [9.17, 15) is 19.7 Å². The maximum Gasteiger partial charge on any atom is 0.433 e. The molecule has 0 unspecified atom stereocenters. The Hall–Kier alpha value is -3.46. The summed E-state index contributed by atoms with van der Waals surface area (Å²) in [5.41, 5.74) is 2.62. The molecule has 9 heteroatoms. The molecule has 3 heterocycles. The molecule has 4 rings (SSSR count). The highest BCUT2D eigenvalue weighted by molar-refractivity contribution is 7.12. The molecule has 2 aromatic heterocycles. The molecule has 0 atom stereocenters. The Morgan fingerprint density at radius 2 is 2.04 bits per heavy atom. The Morgan fingerprint density at radius 1 is 1.18 bits per heavy atom. The Balaban J connectivity index is 1.49. The number of carbonyl (C=O) groups is 2. The van der Waals surface area contributed by atoms with E-state index in [4.69, 9.17) is 4.42 Å². The minimum Gasteiger partial charge on any atom is -0.395 e. The van der Waals surface area contributed by atoms with Crippen molar-refractivity contribution in [1.29, 1.82) is 0 Å². The van der Waals surface area contributed by atoms with Gasteiger partial charge in [-0.25, -0.2) is 0 Å². The fraction of sp³-hybridized carbons (Fsp3) is 0.158. The van der Waals surface area contributed by atoms with Crippen LogP contribution in [-0.4, -0.2) is 28.2 Å². The summed E-state index contributed by atoms with van der Waals surface area (Å²) >= 11 is 1.41. The number of nitrogens with one attached hydrogen (secondary N) is 1. The maximum atomic E-state index is 12.6. The highest BCUT2D eigenvalue weighted by Crippen LogP contribution is 2.25. The van der Waals surface area contributed by atoms with E-state index < -0.39 is 16.7 Å². The largest absolute Gasteiger partial charge is 0.433 e. The lowest BCUT2D eigenvalue weighted by molar-refractivity contribution is -0.402. The van der Waals surface area contributed by atoms with Gasteiger partial charge in [0.05, 0.1) is 10.9 Å². The molecular formula is C19H15N3O5S. The van der Waals surface area contributed by atoms with Gasteiger partial charge in [0.25, 0.3) is 11.8 Å². The second-order valence-corrected chi connectivity index (χ2v) is 7.23. The maximum absolute atomic E-state index is 12.6. The number of anilines is 1. The van der Waals surface area contributed by atoms with Crippen LogP contribution >= 0.6 is 11.3 Å². The van der Waals surface area contributed by atoms with Crippen molar-refractivity contribution in [1.82, 2.24) is 4.90 Å². The molecule has 1 aliphatic rings. The van der Waals surface area contributed by atoms with Crippen LogP contribution < -0.4 is 5.32 Å². The molecule has 28 heavy (non-hydrogen) atoms. The van der Waals surface area contributed by atoms with Crippen LogP contribution in [0.2, 0.25) is 0 Å². The highest BCUT2D eigenvalue weighted by Gasteiger charge is 2.23. The molecule has 1 aromatic carbocycles. The molecule has 3 aromatic rings. The van der Waals surface area contributed by atoms with Gasteiger partial charge in [-0.2, -0.15) is 0 Å². The molecule has 0 fully saturated rings. The molecule has 0 saturated heterocycles. The number of furan rings is 1. The molecule has 0 spiro atoms. The first-order valence-electron chi connectivity index (χ1n) is 8.51. The average Bonchev–Trinajstić information content (AvgIpc) is 3.39. The number of hydrogen-bond donors (Lipinski definition) is 1. The quantitative estimate of drug-likeness (QED) is 0.534. The van der Waals surface area contributed by atoms with Crippen molar-refractivity contribution >= 4 is 34.7 Å². The topological polar surface area (TPSA) is 106 Å². The van der Waals surface area contributed by atoms with Gasteiger partial charge in [0.2, 0.25) is 0 Å². The summed E-state index contributed by atoms with van der Waals surface area (Å²) < 4.78 is 4.92. The number of amides is 2. The van der Waals surface area contributed by atoms with E-state index in [-0.39, 0.29) is 11.7 Å². The predicted octanol–water partition coefficient (Wildman–Crippen LogP) is 3.70. The van der Waals surface area contributed by atoms with Gasteiger partial charge >= 0.3 is 5.88 Å². The van der Waals surface area contributed by atoms with E-state index in [1.807, 2.05) is 29.6 Å². The highest BCUT2D eigenvalue weighted by atomic mass is 32.1. The Morgan fingerprint density at radius 3 is 2.75 bits per heavy atom. The zero-order valence-electron chi connectivity index (χ0n) is 14.6. The van der Waals surface area contributed by atoms with E-state index >= 15 is 0 Å². The third kappa shape index (κ3) is 3.52. The van der Waals surface area contributed by atoms with Gasteiger partial charge in [0.15, 0.2) is 5.76 Å². The van der Waals surface area contributed by atoms with Crippen molar-refractivity contribution in [3.05, 3.63) is 79.7 Å². The Kier molecular flexibility index (Phi) is 4.66. The van der Waals surface area contributed by atoms with Gasteiger partial charge < -0.3 is 14.6 Å². The summed E-state index contributed by atoms with van der Waals surface area (Å²) in [6, 6.07) is 11.6. The van der Waals surface area contributed by atoms with Gasteiger partial charge in [-0.3, -0.25) is 19.7 Å². The van der Waals surface area contributed by atoms with Crippen LogP contribution in [0.1, 0.15) is 31.4 Å². The SMILES string of the molecule is O=C(Nc1ccc2c(c1)CN(C(=O)c1cccs1)CC2)c1ccc([N+](=O)[O-])o1. The first kappa shape index (κ1) is 17.9. The molecule has 0 radical (unpaired) electrons. The number of benzene rings is 1. The van der Waals surface area contributed by atoms with Gasteiger partial charge in [-0.05, 0) is 47.2 Å². The van der Waals surface area contributed by atoms with E-state index in [1.54, 1.807) is 11.0 Å². The van der Waals surface area contributed by atoms with Crippen LogP contribution in [0.3, 0.4) is 0 Å². The van der Waals surface area contributed by atoms with Crippen LogP contribution in [0.25, 0.3) is 0 Å². The third-order valence-corrected chi connectivity index (χ3v) is 5.35. The molecule has 0 bridgehead atoms. The number of fused-ring (bicyclic) bond motifs is 1. The number of thiophene rings is 1. The standard InChI is InChI=1S/C19H15N3O5S/c23-18(15-5-6-17(27-15)22(25)26)20-14-4-3-12-7-8-21(11-13(12)10-14)19(24)16-2-1-9-28-16/h1-6,9-10H,7-8,11H2,(H,20,23). The summed E-state index contributed by atoms with van der Waals surface area (Å²) in [7, 11) is 0. The zero-order valence-corrected chi connectivity index (χ0v) is 15.4. The van der Waals surface area contributed by atoms with Gasteiger partial charge in [0, 0.05) is 18.8 Å². The van der Waals surface area contributed by atoms with Crippen molar-refractivity contribution in [3.8, 4) is 0 Å². The number of rotatable bonds is 4. The zero-order chi connectivity index (χ0) is 19.7. The molecule has 1 aliphatic heterocycles. The second kappa shape index (κ2) is 7.28. The van der Waals surface area contributed by atoms with Crippen molar-refractivity contribution in [2.24, 2.45) is 0 Å².